The average Bonchev–Trinajstić information content (AvgIpc) is 2.35. The van der Waals surface area contributed by atoms with Crippen LogP contribution in [0.2, 0.25) is 0 Å². The number of hydrogen-bond acceptors (Lipinski definition) is 4. The molecule has 0 radical (unpaired) electrons. The molecule has 1 rings (SSSR count). The SMILES string of the molecule is CCCC(NS(=O)(=O)c1c(F)cc(F)cc1F)/C(N)=N/O. The zero-order valence-corrected chi connectivity index (χ0v) is 11.8. The van der Waals surface area contributed by atoms with Gasteiger partial charge in [0, 0.05) is 12.1 Å². The number of nitrogens with two attached hydrogens (primary N) is 1. The van der Waals surface area contributed by atoms with E-state index in [2.05, 4.69) is 5.16 Å². The number of sulfonamides is 1. The molecule has 4 N–H and O–H groups in total. The Morgan fingerprint density at radius 2 is 1.90 bits per heavy atom. The Labute approximate surface area is 119 Å². The molecule has 10 heteroatoms. The van der Waals surface area contributed by atoms with Crippen LogP contribution in [0.3, 0.4) is 0 Å². The molecule has 0 aromatic heterocycles. The maximum Gasteiger partial charge on any atom is 0.247 e. The largest absolute Gasteiger partial charge is 0.409 e. The van der Waals surface area contributed by atoms with Gasteiger partial charge in [0.05, 0.1) is 6.04 Å². The van der Waals surface area contributed by atoms with E-state index in [1.807, 2.05) is 4.72 Å². The van der Waals surface area contributed by atoms with Crippen LogP contribution in [0.4, 0.5) is 13.2 Å². The predicted octanol–water partition coefficient (Wildman–Crippen LogP) is 1.30. The lowest BCUT2D eigenvalue weighted by Crippen LogP contribution is -2.44. The number of benzene rings is 1. The number of oxime groups is 1. The smallest absolute Gasteiger partial charge is 0.247 e. The van der Waals surface area contributed by atoms with Gasteiger partial charge in [-0.2, -0.15) is 0 Å². The van der Waals surface area contributed by atoms with Crippen molar-refractivity contribution in [3.63, 3.8) is 0 Å². The molecule has 0 saturated heterocycles. The second kappa shape index (κ2) is 6.76. The molecule has 1 aromatic rings. The van der Waals surface area contributed by atoms with Gasteiger partial charge in [0.25, 0.3) is 0 Å². The Morgan fingerprint density at radius 1 is 1.38 bits per heavy atom. The van der Waals surface area contributed by atoms with Gasteiger partial charge < -0.3 is 10.9 Å². The molecule has 0 aliphatic heterocycles. The Balaban J connectivity index is 3.23. The Hall–Kier alpha value is -1.81. The standard InChI is InChI=1S/C11H14F3N3O3S/c1-2-3-9(11(15)16-18)17-21(19,20)10-7(13)4-6(12)5-8(10)14/h4-5,9,17-18H,2-3H2,1H3,(H2,15,16). The number of amidine groups is 1. The summed E-state index contributed by atoms with van der Waals surface area (Å²) in [6.45, 7) is 1.70. The second-order valence-electron chi connectivity index (χ2n) is 4.19. The lowest BCUT2D eigenvalue weighted by Gasteiger charge is -2.17. The van der Waals surface area contributed by atoms with Crippen LogP contribution < -0.4 is 10.5 Å². The first kappa shape index (κ1) is 17.2. The highest BCUT2D eigenvalue weighted by molar-refractivity contribution is 7.89. The molecule has 0 amide bonds. The normalized spacial score (nSPS) is 14.2. The number of nitrogens with zero attached hydrogens (tertiary/aromatic N) is 1. The Kier molecular flexibility index (Phi) is 5.55. The van der Waals surface area contributed by atoms with Gasteiger partial charge in [-0.3, -0.25) is 0 Å². The molecule has 0 saturated carbocycles. The number of nitrogens with one attached hydrogen (secondary N) is 1. The number of rotatable bonds is 6. The first-order valence-corrected chi connectivity index (χ1v) is 7.35. The fourth-order valence-electron chi connectivity index (χ4n) is 1.66. The molecule has 1 atom stereocenters. The van der Waals surface area contributed by atoms with Gasteiger partial charge in [0.1, 0.15) is 17.5 Å². The molecule has 118 valence electrons. The highest BCUT2D eigenvalue weighted by Crippen LogP contribution is 2.20. The van der Waals surface area contributed by atoms with Crippen molar-refractivity contribution in [2.75, 3.05) is 0 Å². The van der Waals surface area contributed by atoms with Crippen LogP contribution >= 0.6 is 0 Å². The molecule has 0 spiro atoms. The van der Waals surface area contributed by atoms with Crippen LogP contribution in [0.5, 0.6) is 0 Å². The van der Waals surface area contributed by atoms with Gasteiger partial charge in [-0.05, 0) is 6.42 Å². The maximum absolute atomic E-state index is 13.5. The lowest BCUT2D eigenvalue weighted by molar-refractivity contribution is 0.315. The van der Waals surface area contributed by atoms with E-state index in [0.29, 0.717) is 6.42 Å². The van der Waals surface area contributed by atoms with E-state index < -0.39 is 44.2 Å². The third-order valence-corrected chi connectivity index (χ3v) is 4.10. The Bertz CT molecular complexity index is 626. The van der Waals surface area contributed by atoms with Crippen LogP contribution in [-0.4, -0.2) is 25.5 Å². The van der Waals surface area contributed by atoms with Crippen molar-refractivity contribution in [2.24, 2.45) is 10.9 Å². The van der Waals surface area contributed by atoms with Crippen molar-refractivity contribution in [3.05, 3.63) is 29.6 Å². The van der Waals surface area contributed by atoms with E-state index in [1.165, 1.54) is 0 Å². The summed E-state index contributed by atoms with van der Waals surface area (Å²) in [6.07, 6.45) is 0.595. The first-order chi connectivity index (χ1) is 9.72. The molecule has 1 aromatic carbocycles. The summed E-state index contributed by atoms with van der Waals surface area (Å²) in [4.78, 5) is -1.32. The Morgan fingerprint density at radius 3 is 2.33 bits per heavy atom. The molecule has 0 fully saturated rings. The fraction of sp³-hybridized carbons (Fsp3) is 0.364. The van der Waals surface area contributed by atoms with Crippen molar-refractivity contribution in [1.29, 1.82) is 0 Å². The van der Waals surface area contributed by atoms with E-state index in [1.54, 1.807) is 6.92 Å². The fourth-order valence-corrected chi connectivity index (χ4v) is 3.02. The van der Waals surface area contributed by atoms with Crippen LogP contribution in [0, 0.1) is 17.5 Å². The molecule has 6 nitrogen and oxygen atoms in total. The van der Waals surface area contributed by atoms with Gasteiger partial charge in [-0.15, -0.1) is 0 Å². The van der Waals surface area contributed by atoms with E-state index >= 15 is 0 Å². The predicted molar refractivity (Wildman–Crippen MR) is 68.7 cm³/mol. The van der Waals surface area contributed by atoms with Crippen molar-refractivity contribution in [2.45, 2.75) is 30.7 Å². The van der Waals surface area contributed by atoms with E-state index in [-0.39, 0.29) is 18.6 Å². The van der Waals surface area contributed by atoms with E-state index in [4.69, 9.17) is 10.9 Å². The van der Waals surface area contributed by atoms with Gasteiger partial charge in [-0.25, -0.2) is 26.3 Å². The topological polar surface area (TPSA) is 105 Å². The molecular weight excluding hydrogens is 311 g/mol. The summed E-state index contributed by atoms with van der Waals surface area (Å²) in [5.41, 5.74) is 5.31. The third kappa shape index (κ3) is 4.08. The monoisotopic (exact) mass is 325 g/mol. The summed E-state index contributed by atoms with van der Waals surface area (Å²) in [6, 6.07) is -0.653. The molecular formula is C11H14F3N3O3S. The summed E-state index contributed by atoms with van der Waals surface area (Å²) in [5, 5.41) is 11.2. The van der Waals surface area contributed by atoms with Crippen molar-refractivity contribution in [3.8, 4) is 0 Å². The van der Waals surface area contributed by atoms with Crippen LogP contribution in [0.25, 0.3) is 0 Å². The van der Waals surface area contributed by atoms with E-state index in [0.717, 1.165) is 0 Å². The number of hydrogen-bond donors (Lipinski definition) is 3. The van der Waals surface area contributed by atoms with Crippen molar-refractivity contribution >= 4 is 15.9 Å². The average molecular weight is 325 g/mol. The van der Waals surface area contributed by atoms with Crippen LogP contribution in [-0.2, 0) is 10.0 Å². The van der Waals surface area contributed by atoms with Crippen LogP contribution in [0.15, 0.2) is 22.2 Å². The van der Waals surface area contributed by atoms with Gasteiger partial charge in [-0.1, -0.05) is 18.5 Å². The van der Waals surface area contributed by atoms with Crippen LogP contribution in [0.1, 0.15) is 19.8 Å². The van der Waals surface area contributed by atoms with Gasteiger partial charge in [0.2, 0.25) is 10.0 Å². The van der Waals surface area contributed by atoms with E-state index in [9.17, 15) is 21.6 Å². The van der Waals surface area contributed by atoms with Crippen molar-refractivity contribution < 1.29 is 26.8 Å². The molecule has 0 aliphatic rings. The molecule has 0 bridgehead atoms. The molecule has 0 aliphatic carbocycles. The minimum atomic E-state index is -4.65. The highest BCUT2D eigenvalue weighted by Gasteiger charge is 2.29. The lowest BCUT2D eigenvalue weighted by atomic mass is 10.2. The molecule has 1 unspecified atom stereocenters. The minimum Gasteiger partial charge on any atom is -0.409 e. The third-order valence-electron chi connectivity index (χ3n) is 2.58. The summed E-state index contributed by atoms with van der Waals surface area (Å²) < 4.78 is 65.7. The number of halogens is 3. The summed E-state index contributed by atoms with van der Waals surface area (Å²) in [7, 11) is -4.65. The maximum atomic E-state index is 13.5. The minimum absolute atomic E-state index is 0.138. The second-order valence-corrected chi connectivity index (χ2v) is 5.84. The zero-order chi connectivity index (χ0) is 16.2. The first-order valence-electron chi connectivity index (χ1n) is 5.87. The van der Waals surface area contributed by atoms with Crippen molar-refractivity contribution in [1.82, 2.24) is 4.72 Å². The summed E-state index contributed by atoms with van der Waals surface area (Å²) in [5.74, 6) is -4.85. The van der Waals surface area contributed by atoms with Gasteiger partial charge in [0.15, 0.2) is 10.7 Å². The molecule has 21 heavy (non-hydrogen) atoms. The van der Waals surface area contributed by atoms with Gasteiger partial charge >= 0.3 is 0 Å². The summed E-state index contributed by atoms with van der Waals surface area (Å²) >= 11 is 0. The quantitative estimate of drug-likeness (QED) is 0.317. The zero-order valence-electron chi connectivity index (χ0n) is 11.0. The highest BCUT2D eigenvalue weighted by atomic mass is 32.2. The molecule has 0 heterocycles.